The van der Waals surface area contributed by atoms with Crippen LogP contribution in [0.3, 0.4) is 0 Å². The Hall–Kier alpha value is -3.15. The number of aromatic nitrogens is 2. The molecule has 4 rings (SSSR count). The predicted octanol–water partition coefficient (Wildman–Crippen LogP) is 4.20. The third kappa shape index (κ3) is 3.62. The minimum Gasteiger partial charge on any atom is -0.455 e. The van der Waals surface area contributed by atoms with Gasteiger partial charge in [0, 0.05) is 43.8 Å². The van der Waals surface area contributed by atoms with Gasteiger partial charge in [-0.2, -0.15) is 5.10 Å². The number of Topliss-reactive ketones (excluding diaryl/α,β-unsaturated/α-hetero) is 1. The Bertz CT molecular complexity index is 1080. The highest BCUT2D eigenvalue weighted by Gasteiger charge is 2.37. The van der Waals surface area contributed by atoms with Crippen LogP contribution in [-0.4, -0.2) is 33.4 Å². The van der Waals surface area contributed by atoms with Crippen molar-refractivity contribution < 1.29 is 14.0 Å². The summed E-state index contributed by atoms with van der Waals surface area (Å²) in [5, 5.41) is 4.38. The maximum atomic E-state index is 13.0. The summed E-state index contributed by atoms with van der Waals surface area (Å²) in [5.74, 6) is 0.731. The molecule has 0 bridgehead atoms. The summed E-state index contributed by atoms with van der Waals surface area (Å²) in [6, 6.07) is 9.81. The highest BCUT2D eigenvalue weighted by atomic mass is 16.4. The van der Waals surface area contributed by atoms with Crippen molar-refractivity contribution in [2.24, 2.45) is 5.41 Å². The number of carbonyl (C=O) groups excluding carboxylic acids is 2. The van der Waals surface area contributed by atoms with Gasteiger partial charge < -0.3 is 9.32 Å². The van der Waals surface area contributed by atoms with E-state index >= 15 is 0 Å². The van der Waals surface area contributed by atoms with Crippen LogP contribution in [0.4, 0.5) is 0 Å². The molecule has 6 nitrogen and oxygen atoms in total. The number of nitrogens with zero attached hydrogens (tertiary/aromatic N) is 3. The molecule has 1 aliphatic carbocycles. The quantitative estimate of drug-likeness (QED) is 0.668. The number of carbonyl (C=O) groups is 2. The number of ketones is 1. The van der Waals surface area contributed by atoms with Gasteiger partial charge in [0.2, 0.25) is 0 Å². The van der Waals surface area contributed by atoms with Crippen LogP contribution >= 0.6 is 0 Å². The van der Waals surface area contributed by atoms with Crippen LogP contribution in [0.25, 0.3) is 5.69 Å². The lowest BCUT2D eigenvalue weighted by molar-refractivity contribution is 0.0746. The van der Waals surface area contributed by atoms with Gasteiger partial charge in [0.1, 0.15) is 5.76 Å². The van der Waals surface area contributed by atoms with Crippen LogP contribution < -0.4 is 0 Å². The molecule has 0 fully saturated rings. The van der Waals surface area contributed by atoms with Crippen LogP contribution in [0.15, 0.2) is 47.1 Å². The summed E-state index contributed by atoms with van der Waals surface area (Å²) in [5.41, 5.74) is 2.97. The van der Waals surface area contributed by atoms with E-state index in [2.05, 4.69) is 5.10 Å². The van der Waals surface area contributed by atoms with Crippen molar-refractivity contribution in [3.05, 3.63) is 70.9 Å². The summed E-state index contributed by atoms with van der Waals surface area (Å²) >= 11 is 0. The maximum absolute atomic E-state index is 13.0. The molecule has 1 amide bonds. The Morgan fingerprint density at radius 2 is 1.97 bits per heavy atom. The fraction of sp³-hybridized carbons (Fsp3) is 0.348. The molecular formula is C23H25N3O3. The molecule has 0 radical (unpaired) electrons. The van der Waals surface area contributed by atoms with Crippen molar-refractivity contribution in [1.82, 2.24) is 14.7 Å². The summed E-state index contributed by atoms with van der Waals surface area (Å²) in [6.07, 6.45) is 4.80. The summed E-state index contributed by atoms with van der Waals surface area (Å²) < 4.78 is 7.69. The standard InChI is InChI=1S/C23H25N3O3/c1-15-20-18(27)10-23(2,3)11-19(20)29-21(15)22(28)25(4)13-16-12-24-26(14-16)17-8-6-5-7-9-17/h5-9,12,14H,10-11,13H2,1-4H3. The number of fused-ring (bicyclic) bond motifs is 1. The first-order valence-electron chi connectivity index (χ1n) is 9.75. The van der Waals surface area contributed by atoms with E-state index in [-0.39, 0.29) is 22.9 Å². The number of hydrogen-bond donors (Lipinski definition) is 0. The largest absolute Gasteiger partial charge is 0.455 e. The second-order valence-electron chi connectivity index (χ2n) is 8.59. The minimum absolute atomic E-state index is 0.0586. The van der Waals surface area contributed by atoms with E-state index in [0.29, 0.717) is 36.3 Å². The second-order valence-corrected chi connectivity index (χ2v) is 8.59. The summed E-state index contributed by atoms with van der Waals surface area (Å²) in [4.78, 5) is 27.2. The molecule has 3 aromatic rings. The van der Waals surface area contributed by atoms with Gasteiger partial charge in [-0.15, -0.1) is 0 Å². The zero-order chi connectivity index (χ0) is 20.8. The lowest BCUT2D eigenvalue weighted by Crippen LogP contribution is -2.26. The Morgan fingerprint density at radius 3 is 2.69 bits per heavy atom. The van der Waals surface area contributed by atoms with Crippen molar-refractivity contribution in [2.45, 2.75) is 40.2 Å². The van der Waals surface area contributed by atoms with Crippen molar-refractivity contribution in [2.75, 3.05) is 7.05 Å². The molecule has 150 valence electrons. The number of para-hydroxylation sites is 1. The highest BCUT2D eigenvalue weighted by Crippen LogP contribution is 2.38. The monoisotopic (exact) mass is 391 g/mol. The normalized spacial score (nSPS) is 15.2. The van der Waals surface area contributed by atoms with Crippen molar-refractivity contribution in [1.29, 1.82) is 0 Å². The van der Waals surface area contributed by atoms with Crippen LogP contribution in [0, 0.1) is 12.3 Å². The van der Waals surface area contributed by atoms with Crippen molar-refractivity contribution in [3.63, 3.8) is 0 Å². The number of furan rings is 1. The molecular weight excluding hydrogens is 366 g/mol. The molecule has 0 N–H and O–H groups in total. The van der Waals surface area contributed by atoms with E-state index in [1.54, 1.807) is 29.7 Å². The summed E-state index contributed by atoms with van der Waals surface area (Å²) in [6.45, 7) is 6.29. The van der Waals surface area contributed by atoms with Gasteiger partial charge in [-0.1, -0.05) is 32.0 Å². The molecule has 0 atom stereocenters. The second kappa shape index (κ2) is 7.03. The highest BCUT2D eigenvalue weighted by molar-refractivity contribution is 6.03. The van der Waals surface area contributed by atoms with Gasteiger partial charge in [0.25, 0.3) is 5.91 Å². The molecule has 0 unspecified atom stereocenters. The topological polar surface area (TPSA) is 68.3 Å². The zero-order valence-corrected chi connectivity index (χ0v) is 17.2. The molecule has 2 heterocycles. The Balaban J connectivity index is 1.54. The number of hydrogen-bond acceptors (Lipinski definition) is 4. The SMILES string of the molecule is Cc1c(C(=O)N(C)Cc2cnn(-c3ccccc3)c2)oc2c1C(=O)CC(C)(C)C2. The number of benzene rings is 1. The smallest absolute Gasteiger partial charge is 0.289 e. The average molecular weight is 391 g/mol. The zero-order valence-electron chi connectivity index (χ0n) is 17.2. The molecule has 29 heavy (non-hydrogen) atoms. The first-order chi connectivity index (χ1) is 13.7. The number of amides is 1. The molecule has 2 aromatic heterocycles. The predicted molar refractivity (Wildman–Crippen MR) is 109 cm³/mol. The number of rotatable bonds is 4. The van der Waals surface area contributed by atoms with E-state index in [1.165, 1.54) is 0 Å². The maximum Gasteiger partial charge on any atom is 0.289 e. The molecule has 0 saturated carbocycles. The van der Waals surface area contributed by atoms with E-state index in [4.69, 9.17) is 4.42 Å². The molecule has 1 aliphatic rings. The van der Waals surface area contributed by atoms with Crippen LogP contribution in [0.1, 0.15) is 58.1 Å². The van der Waals surface area contributed by atoms with Crippen LogP contribution in [-0.2, 0) is 13.0 Å². The molecule has 0 spiro atoms. The van der Waals surface area contributed by atoms with Crippen molar-refractivity contribution >= 4 is 11.7 Å². The minimum atomic E-state index is -0.227. The van der Waals surface area contributed by atoms with Gasteiger partial charge in [0.15, 0.2) is 11.5 Å². The third-order valence-electron chi connectivity index (χ3n) is 5.39. The van der Waals surface area contributed by atoms with Crippen LogP contribution in [0.2, 0.25) is 0 Å². The van der Waals surface area contributed by atoms with Gasteiger partial charge in [-0.05, 0) is 24.5 Å². The van der Waals surface area contributed by atoms with Crippen LogP contribution in [0.5, 0.6) is 0 Å². The lowest BCUT2D eigenvalue weighted by Gasteiger charge is -2.27. The molecule has 1 aromatic carbocycles. The van der Waals surface area contributed by atoms with Crippen molar-refractivity contribution in [3.8, 4) is 5.69 Å². The first kappa shape index (κ1) is 19.2. The van der Waals surface area contributed by atoms with Gasteiger partial charge in [0.05, 0.1) is 17.4 Å². The molecule has 0 saturated heterocycles. The van der Waals surface area contributed by atoms with Gasteiger partial charge >= 0.3 is 0 Å². The fourth-order valence-corrected chi connectivity index (χ4v) is 3.97. The first-order valence-corrected chi connectivity index (χ1v) is 9.75. The summed E-state index contributed by atoms with van der Waals surface area (Å²) in [7, 11) is 1.73. The average Bonchev–Trinajstić information content (AvgIpc) is 3.25. The van der Waals surface area contributed by atoms with Gasteiger partial charge in [-0.3, -0.25) is 9.59 Å². The fourth-order valence-electron chi connectivity index (χ4n) is 3.97. The molecule has 6 heteroatoms. The Labute approximate surface area is 170 Å². The third-order valence-corrected chi connectivity index (χ3v) is 5.39. The van der Waals surface area contributed by atoms with E-state index in [0.717, 1.165) is 11.3 Å². The Kier molecular flexibility index (Phi) is 4.65. The van der Waals surface area contributed by atoms with E-state index in [9.17, 15) is 9.59 Å². The van der Waals surface area contributed by atoms with Gasteiger partial charge in [-0.25, -0.2) is 4.68 Å². The Morgan fingerprint density at radius 1 is 1.24 bits per heavy atom. The van der Waals surface area contributed by atoms with E-state index in [1.807, 2.05) is 50.4 Å². The molecule has 0 aliphatic heterocycles. The van der Waals surface area contributed by atoms with E-state index < -0.39 is 0 Å². The lowest BCUT2D eigenvalue weighted by atomic mass is 9.76.